The van der Waals surface area contributed by atoms with Gasteiger partial charge in [0.1, 0.15) is 4.90 Å². The van der Waals surface area contributed by atoms with Crippen LogP contribution in [0.3, 0.4) is 0 Å². The van der Waals surface area contributed by atoms with E-state index in [0.29, 0.717) is 11.1 Å². The zero-order valence-electron chi connectivity index (χ0n) is 7.19. The van der Waals surface area contributed by atoms with E-state index in [1.54, 1.807) is 25.1 Å². The van der Waals surface area contributed by atoms with Crippen molar-refractivity contribution < 1.29 is 13.0 Å². The molecule has 3 nitrogen and oxygen atoms in total. The first-order valence-corrected chi connectivity index (χ1v) is 5.09. The zero-order chi connectivity index (χ0) is 10.1. The van der Waals surface area contributed by atoms with Gasteiger partial charge in [-0.2, -0.15) is 8.42 Å². The van der Waals surface area contributed by atoms with Crippen LogP contribution < -0.4 is 0 Å². The Kier molecular flexibility index (Phi) is 5.75. The van der Waals surface area contributed by atoms with E-state index in [0.717, 1.165) is 0 Å². The fraction of sp³-hybridized carbons (Fsp3) is 0.111. The molecule has 14 heavy (non-hydrogen) atoms. The third-order valence-corrected chi connectivity index (χ3v) is 2.54. The van der Waals surface area contributed by atoms with Crippen LogP contribution in [0.15, 0.2) is 35.7 Å². The molecule has 72 valence electrons. The number of hydrogen-bond acceptors (Lipinski definition) is 2. The fourth-order valence-corrected chi connectivity index (χ4v) is 1.81. The molecule has 0 aliphatic heterocycles. The van der Waals surface area contributed by atoms with Crippen molar-refractivity contribution in [1.29, 1.82) is 0 Å². The molecule has 0 aliphatic rings. The molecular weight excluding hydrogens is 227 g/mol. The van der Waals surface area contributed by atoms with Gasteiger partial charge in [-0.15, -0.1) is 0 Å². The van der Waals surface area contributed by atoms with E-state index in [4.69, 9.17) is 4.55 Å². The van der Waals surface area contributed by atoms with E-state index in [2.05, 4.69) is 6.58 Å². The summed E-state index contributed by atoms with van der Waals surface area (Å²) in [5, 5.41) is 0. The first-order chi connectivity index (χ1) is 5.93. The molecule has 1 rings (SSSR count). The molecule has 1 N–H and O–H groups in total. The van der Waals surface area contributed by atoms with Gasteiger partial charge >= 0.3 is 51.4 Å². The first-order valence-electron chi connectivity index (χ1n) is 3.65. The molecule has 0 saturated carbocycles. The van der Waals surface area contributed by atoms with Crippen molar-refractivity contribution in [2.45, 2.75) is 11.8 Å². The Labute approximate surface area is 126 Å². The van der Waals surface area contributed by atoms with Crippen molar-refractivity contribution >= 4 is 67.1 Å². The molecule has 0 heterocycles. The molecule has 0 saturated heterocycles. The van der Waals surface area contributed by atoms with E-state index >= 15 is 0 Å². The Hall–Kier alpha value is 0.506. The van der Waals surface area contributed by atoms with Gasteiger partial charge in [-0.05, 0) is 24.1 Å². The molecule has 5 heteroatoms. The molecule has 0 aliphatic carbocycles. The van der Waals surface area contributed by atoms with Crippen LogP contribution in [0.2, 0.25) is 0 Å². The van der Waals surface area contributed by atoms with Gasteiger partial charge in [-0.25, -0.2) is 0 Å². The van der Waals surface area contributed by atoms with Gasteiger partial charge in [-0.1, -0.05) is 24.8 Å². The second-order valence-corrected chi connectivity index (χ2v) is 4.14. The average Bonchev–Trinajstić information content (AvgIpc) is 2.03. The van der Waals surface area contributed by atoms with Crippen molar-refractivity contribution in [3.8, 4) is 0 Å². The number of allylic oxidation sites excluding steroid dienone is 1. The summed E-state index contributed by atoms with van der Waals surface area (Å²) in [5.41, 5.74) is 1.05. The standard InChI is InChI=1S/C9H10O3S.K.H/c1-7(2)8-5-3-4-6-9(8)13(10,11)12;;/h3-6H,1H2,2H3,(H,10,11,12);;. The summed E-state index contributed by atoms with van der Waals surface area (Å²) in [4.78, 5) is -0.0949. The second-order valence-electron chi connectivity index (χ2n) is 2.75. The van der Waals surface area contributed by atoms with Crippen LogP contribution in [-0.2, 0) is 10.1 Å². The van der Waals surface area contributed by atoms with Crippen LogP contribution in [-0.4, -0.2) is 64.4 Å². The minimum atomic E-state index is -4.14. The summed E-state index contributed by atoms with van der Waals surface area (Å²) < 4.78 is 30.6. The van der Waals surface area contributed by atoms with Gasteiger partial charge in [-0.3, -0.25) is 4.55 Å². The number of rotatable bonds is 2. The van der Waals surface area contributed by atoms with Crippen molar-refractivity contribution in [2.24, 2.45) is 0 Å². The SMILES string of the molecule is C=C(C)c1ccccc1S(=O)(=O)O.[KH]. The van der Waals surface area contributed by atoms with Gasteiger partial charge in [0.15, 0.2) is 0 Å². The topological polar surface area (TPSA) is 54.4 Å². The van der Waals surface area contributed by atoms with Crippen molar-refractivity contribution in [3.05, 3.63) is 36.4 Å². The van der Waals surface area contributed by atoms with E-state index in [1.165, 1.54) is 6.07 Å². The molecule has 0 radical (unpaired) electrons. The van der Waals surface area contributed by atoms with Crippen LogP contribution in [0, 0.1) is 0 Å². The zero-order valence-corrected chi connectivity index (χ0v) is 8.00. The number of benzene rings is 1. The third kappa shape index (κ3) is 3.58. The predicted molar refractivity (Wildman–Crippen MR) is 58.1 cm³/mol. The average molecular weight is 238 g/mol. The van der Waals surface area contributed by atoms with Gasteiger partial charge in [0.25, 0.3) is 10.1 Å². The normalized spacial score (nSPS) is 10.4. The second kappa shape index (κ2) is 5.55. The molecule has 0 spiro atoms. The van der Waals surface area contributed by atoms with E-state index in [1.807, 2.05) is 0 Å². The molecule has 0 fully saturated rings. The Balaban J connectivity index is 0.00000169. The summed E-state index contributed by atoms with van der Waals surface area (Å²) in [6.07, 6.45) is 0. The van der Waals surface area contributed by atoms with Crippen LogP contribution >= 0.6 is 0 Å². The molecule has 1 aromatic carbocycles. The maximum atomic E-state index is 10.9. The first kappa shape index (κ1) is 14.5. The molecule has 1 aromatic rings. The van der Waals surface area contributed by atoms with Crippen LogP contribution in [0.5, 0.6) is 0 Å². The summed E-state index contributed by atoms with van der Waals surface area (Å²) >= 11 is 0. The summed E-state index contributed by atoms with van der Waals surface area (Å²) in [6, 6.07) is 6.19. The van der Waals surface area contributed by atoms with E-state index in [-0.39, 0.29) is 56.3 Å². The van der Waals surface area contributed by atoms with E-state index in [9.17, 15) is 8.42 Å². The quantitative estimate of drug-likeness (QED) is 0.624. The van der Waals surface area contributed by atoms with Gasteiger partial charge in [0, 0.05) is 0 Å². The molecule has 0 unspecified atom stereocenters. The molecule has 0 aromatic heterocycles. The Bertz CT molecular complexity index is 437. The Morgan fingerprint density at radius 2 is 1.86 bits per heavy atom. The predicted octanol–water partition coefficient (Wildman–Crippen LogP) is 1.32. The Morgan fingerprint density at radius 1 is 1.36 bits per heavy atom. The molecule has 0 amide bonds. The van der Waals surface area contributed by atoms with E-state index < -0.39 is 10.1 Å². The minimum absolute atomic E-state index is 0. The molecule has 0 atom stereocenters. The van der Waals surface area contributed by atoms with Crippen LogP contribution in [0.4, 0.5) is 0 Å². The molecule has 0 bridgehead atoms. The summed E-state index contributed by atoms with van der Waals surface area (Å²) in [7, 11) is -4.14. The van der Waals surface area contributed by atoms with Crippen molar-refractivity contribution in [3.63, 3.8) is 0 Å². The Morgan fingerprint density at radius 3 is 2.21 bits per heavy atom. The van der Waals surface area contributed by atoms with Gasteiger partial charge < -0.3 is 0 Å². The van der Waals surface area contributed by atoms with Crippen LogP contribution in [0.1, 0.15) is 12.5 Å². The monoisotopic (exact) mass is 238 g/mol. The fourth-order valence-electron chi connectivity index (χ4n) is 1.04. The summed E-state index contributed by atoms with van der Waals surface area (Å²) in [6.45, 7) is 5.31. The summed E-state index contributed by atoms with van der Waals surface area (Å²) in [5.74, 6) is 0. The number of hydrogen-bond donors (Lipinski definition) is 1. The van der Waals surface area contributed by atoms with Gasteiger partial charge in [0.05, 0.1) is 0 Å². The van der Waals surface area contributed by atoms with Crippen LogP contribution in [0.25, 0.3) is 5.57 Å². The third-order valence-electron chi connectivity index (χ3n) is 1.62. The van der Waals surface area contributed by atoms with Gasteiger partial charge in [0.2, 0.25) is 0 Å². The molecular formula is C9H11KO3S. The van der Waals surface area contributed by atoms with Crippen molar-refractivity contribution in [2.75, 3.05) is 0 Å². The maximum absolute atomic E-state index is 10.9. The van der Waals surface area contributed by atoms with Crippen molar-refractivity contribution in [1.82, 2.24) is 0 Å².